The van der Waals surface area contributed by atoms with Crippen molar-refractivity contribution in [3.05, 3.63) is 50.6 Å². The quantitative estimate of drug-likeness (QED) is 0.710. The minimum Gasteiger partial charge on any atom is -0.477 e. The smallest absolute Gasteiger partial charge is 0.347 e. The first-order chi connectivity index (χ1) is 11.9. The van der Waals surface area contributed by atoms with Gasteiger partial charge in [-0.3, -0.25) is 4.79 Å². The van der Waals surface area contributed by atoms with Gasteiger partial charge in [0.2, 0.25) is 0 Å². The number of amides is 1. The van der Waals surface area contributed by atoms with Crippen LogP contribution < -0.4 is 10.1 Å². The zero-order valence-electron chi connectivity index (χ0n) is 13.6. The molecule has 0 fully saturated rings. The molecule has 1 aromatic carbocycles. The third-order valence-electron chi connectivity index (χ3n) is 3.21. The Morgan fingerprint density at radius 1 is 1.20 bits per heavy atom. The molecular weight excluding hydrogens is 385 g/mol. The standard InChI is InChI=1S/C17H17Cl2NO4S/c1-10(16(21)20-9-13-4-3-7-25-13)24-17(22)11(2)23-15-6-5-12(18)8-14(15)19/h3-8,10-11H,9H2,1-2H3,(H,20,21)/t10-,11-/m0/s1. The molecule has 0 saturated carbocycles. The van der Waals surface area contributed by atoms with E-state index < -0.39 is 18.2 Å². The molecule has 0 unspecified atom stereocenters. The van der Waals surface area contributed by atoms with Crippen LogP contribution in [0.4, 0.5) is 0 Å². The number of carbonyl (C=O) groups is 2. The summed E-state index contributed by atoms with van der Waals surface area (Å²) in [5.74, 6) is -0.728. The van der Waals surface area contributed by atoms with Crippen LogP contribution in [0.25, 0.3) is 0 Å². The van der Waals surface area contributed by atoms with Crippen molar-refractivity contribution in [1.29, 1.82) is 0 Å². The molecule has 2 rings (SSSR count). The fourth-order valence-corrected chi connectivity index (χ4v) is 2.96. The lowest BCUT2D eigenvalue weighted by molar-refractivity contribution is -0.160. The van der Waals surface area contributed by atoms with Gasteiger partial charge in [-0.1, -0.05) is 29.3 Å². The van der Waals surface area contributed by atoms with E-state index in [1.54, 1.807) is 12.1 Å². The van der Waals surface area contributed by atoms with E-state index in [-0.39, 0.29) is 10.9 Å². The topological polar surface area (TPSA) is 64.6 Å². The van der Waals surface area contributed by atoms with Crippen LogP contribution >= 0.6 is 34.5 Å². The summed E-state index contributed by atoms with van der Waals surface area (Å²) in [6, 6.07) is 8.48. The largest absolute Gasteiger partial charge is 0.477 e. The first kappa shape index (κ1) is 19.6. The van der Waals surface area contributed by atoms with Gasteiger partial charge in [0.15, 0.2) is 12.2 Å². The molecule has 1 amide bonds. The number of hydrogen-bond donors (Lipinski definition) is 1. The lowest BCUT2D eigenvalue weighted by Crippen LogP contribution is -2.38. The maximum absolute atomic E-state index is 12.1. The molecule has 0 aliphatic rings. The van der Waals surface area contributed by atoms with Gasteiger partial charge < -0.3 is 14.8 Å². The maximum atomic E-state index is 12.1. The molecule has 0 spiro atoms. The summed E-state index contributed by atoms with van der Waals surface area (Å²) in [5, 5.41) is 5.38. The van der Waals surface area contributed by atoms with E-state index in [0.717, 1.165) is 4.88 Å². The highest BCUT2D eigenvalue weighted by molar-refractivity contribution is 7.09. The Morgan fingerprint density at radius 2 is 1.96 bits per heavy atom. The van der Waals surface area contributed by atoms with Crippen molar-refractivity contribution in [3.63, 3.8) is 0 Å². The number of rotatable bonds is 7. The van der Waals surface area contributed by atoms with Crippen LogP contribution in [0.5, 0.6) is 5.75 Å². The van der Waals surface area contributed by atoms with Crippen molar-refractivity contribution in [2.75, 3.05) is 0 Å². The van der Waals surface area contributed by atoms with Gasteiger partial charge in [-0.25, -0.2) is 4.79 Å². The van der Waals surface area contributed by atoms with Gasteiger partial charge in [0.25, 0.3) is 5.91 Å². The first-order valence-electron chi connectivity index (χ1n) is 7.49. The van der Waals surface area contributed by atoms with E-state index in [1.807, 2.05) is 17.5 Å². The van der Waals surface area contributed by atoms with Gasteiger partial charge in [-0.15, -0.1) is 11.3 Å². The number of thiophene rings is 1. The highest BCUT2D eigenvalue weighted by Gasteiger charge is 2.23. The number of halogens is 2. The first-order valence-corrected chi connectivity index (χ1v) is 9.12. The number of nitrogens with one attached hydrogen (secondary N) is 1. The Labute approximate surface area is 159 Å². The SMILES string of the molecule is C[C@H](OC(=O)[C@H](C)Oc1ccc(Cl)cc1Cl)C(=O)NCc1cccs1. The number of hydrogen-bond acceptors (Lipinski definition) is 5. The zero-order valence-corrected chi connectivity index (χ0v) is 16.0. The predicted octanol–water partition coefficient (Wildman–Crippen LogP) is 4.07. The Bertz CT molecular complexity index is 736. The molecule has 2 aromatic rings. The normalized spacial score (nSPS) is 13.0. The molecule has 8 heteroatoms. The van der Waals surface area contributed by atoms with Crippen LogP contribution in [0, 0.1) is 0 Å². The molecule has 0 radical (unpaired) electrons. The summed E-state index contributed by atoms with van der Waals surface area (Å²) in [4.78, 5) is 25.1. The number of esters is 1. The van der Waals surface area contributed by atoms with Crippen molar-refractivity contribution in [2.24, 2.45) is 0 Å². The molecule has 5 nitrogen and oxygen atoms in total. The van der Waals surface area contributed by atoms with Crippen molar-refractivity contribution < 1.29 is 19.1 Å². The second kappa shape index (κ2) is 9.08. The van der Waals surface area contributed by atoms with Crippen molar-refractivity contribution in [3.8, 4) is 5.75 Å². The van der Waals surface area contributed by atoms with Crippen LogP contribution in [0.3, 0.4) is 0 Å². The molecule has 1 aromatic heterocycles. The lowest BCUT2D eigenvalue weighted by Gasteiger charge is -2.18. The second-order valence-corrected chi connectivity index (χ2v) is 7.09. The lowest BCUT2D eigenvalue weighted by atomic mass is 10.3. The fourth-order valence-electron chi connectivity index (χ4n) is 1.86. The monoisotopic (exact) mass is 401 g/mol. The van der Waals surface area contributed by atoms with E-state index >= 15 is 0 Å². The maximum Gasteiger partial charge on any atom is 0.347 e. The Hall–Kier alpha value is -1.76. The van der Waals surface area contributed by atoms with E-state index in [4.69, 9.17) is 32.7 Å². The minimum atomic E-state index is -0.931. The number of ether oxygens (including phenoxy) is 2. The third-order valence-corrected chi connectivity index (χ3v) is 4.62. The van der Waals surface area contributed by atoms with Gasteiger partial charge in [-0.05, 0) is 43.5 Å². The number of benzene rings is 1. The second-order valence-electron chi connectivity index (χ2n) is 5.21. The Kier molecular flexibility index (Phi) is 7.11. The van der Waals surface area contributed by atoms with Gasteiger partial charge in [0.1, 0.15) is 5.75 Å². The van der Waals surface area contributed by atoms with Crippen molar-refractivity contribution >= 4 is 46.4 Å². The average Bonchev–Trinajstić information content (AvgIpc) is 3.08. The Morgan fingerprint density at radius 3 is 2.60 bits per heavy atom. The van der Waals surface area contributed by atoms with E-state index in [2.05, 4.69) is 5.32 Å². The summed E-state index contributed by atoms with van der Waals surface area (Å²) < 4.78 is 10.6. The van der Waals surface area contributed by atoms with E-state index in [9.17, 15) is 9.59 Å². The molecule has 0 saturated heterocycles. The average molecular weight is 402 g/mol. The highest BCUT2D eigenvalue weighted by Crippen LogP contribution is 2.28. The van der Waals surface area contributed by atoms with E-state index in [0.29, 0.717) is 17.3 Å². The van der Waals surface area contributed by atoms with Crippen LogP contribution in [0.2, 0.25) is 10.0 Å². The summed E-state index contributed by atoms with van der Waals surface area (Å²) >= 11 is 13.3. The molecule has 0 aliphatic heterocycles. The highest BCUT2D eigenvalue weighted by atomic mass is 35.5. The minimum absolute atomic E-state index is 0.286. The molecule has 0 aliphatic carbocycles. The van der Waals surface area contributed by atoms with Gasteiger partial charge in [-0.2, -0.15) is 0 Å². The van der Waals surface area contributed by atoms with Crippen LogP contribution in [0.15, 0.2) is 35.7 Å². The molecule has 0 bridgehead atoms. The molecular formula is C17H17Cl2NO4S. The summed E-state index contributed by atoms with van der Waals surface area (Å²) in [5.41, 5.74) is 0. The third kappa shape index (κ3) is 5.92. The molecule has 1 heterocycles. The van der Waals surface area contributed by atoms with Gasteiger partial charge in [0, 0.05) is 9.90 Å². The summed E-state index contributed by atoms with van der Waals surface area (Å²) in [6.45, 7) is 3.41. The van der Waals surface area contributed by atoms with Crippen LogP contribution in [-0.2, 0) is 20.9 Å². The number of carbonyl (C=O) groups excluding carboxylic acids is 2. The Balaban J connectivity index is 1.83. The van der Waals surface area contributed by atoms with E-state index in [1.165, 1.54) is 31.3 Å². The van der Waals surface area contributed by atoms with Crippen molar-refractivity contribution in [1.82, 2.24) is 5.32 Å². The zero-order chi connectivity index (χ0) is 18.4. The van der Waals surface area contributed by atoms with Gasteiger partial charge >= 0.3 is 5.97 Å². The van der Waals surface area contributed by atoms with Crippen LogP contribution in [-0.4, -0.2) is 24.1 Å². The summed E-state index contributed by atoms with van der Waals surface area (Å²) in [6.07, 6.45) is -1.86. The van der Waals surface area contributed by atoms with Crippen LogP contribution in [0.1, 0.15) is 18.7 Å². The predicted molar refractivity (Wildman–Crippen MR) is 98.3 cm³/mol. The fraction of sp³-hybridized carbons (Fsp3) is 0.294. The molecule has 25 heavy (non-hydrogen) atoms. The molecule has 134 valence electrons. The van der Waals surface area contributed by atoms with Gasteiger partial charge in [0.05, 0.1) is 11.6 Å². The molecule has 1 N–H and O–H groups in total. The summed E-state index contributed by atoms with van der Waals surface area (Å²) in [7, 11) is 0. The molecule has 2 atom stereocenters. The van der Waals surface area contributed by atoms with Crippen molar-refractivity contribution in [2.45, 2.75) is 32.6 Å².